The molecule has 0 saturated carbocycles. The van der Waals surface area contributed by atoms with Crippen LogP contribution in [0, 0.1) is 27.7 Å². The van der Waals surface area contributed by atoms with Gasteiger partial charge in [0.25, 0.3) is 0 Å². The summed E-state index contributed by atoms with van der Waals surface area (Å²) in [6.45, 7) is 31.2. The Kier molecular flexibility index (Phi) is 13.1. The molecule has 64 heavy (non-hydrogen) atoms. The Hall–Kier alpha value is -6.02. The molecule has 0 aliphatic rings. The van der Waals surface area contributed by atoms with E-state index >= 15 is 0 Å². The number of aromatic carboxylic acids is 4. The van der Waals surface area contributed by atoms with Gasteiger partial charge >= 0.3 is 23.9 Å². The Morgan fingerprint density at radius 2 is 0.500 bits per heavy atom. The summed E-state index contributed by atoms with van der Waals surface area (Å²) >= 11 is 0. The molecule has 0 saturated heterocycles. The van der Waals surface area contributed by atoms with Crippen LogP contribution in [0.5, 0.6) is 0 Å². The number of rotatable bonds is 10. The summed E-state index contributed by atoms with van der Waals surface area (Å²) in [4.78, 5) is 50.9. The highest BCUT2D eigenvalue weighted by atomic mass is 16.4. The number of carboxylic acids is 4. The SMILES string of the molecule is Cc1cc(C(c2ccc(C(c3cc(C)c(C(=O)O)c(C(C)(C)C)c3)c3cc(C)c(C(=O)O)c(C(C)(C)C)c3)cc2)c2cc(C)c(C(=O)O)c(C(C)(C)C)c2)cc(C(C)(C)C)c1C(=O)O. The van der Waals surface area contributed by atoms with E-state index in [-0.39, 0.29) is 22.3 Å². The van der Waals surface area contributed by atoms with Crippen LogP contribution in [0.1, 0.15) is 214 Å². The molecule has 8 heteroatoms. The van der Waals surface area contributed by atoms with Gasteiger partial charge in [0.2, 0.25) is 0 Å². The minimum atomic E-state index is -1.000. The molecule has 0 fully saturated rings. The molecule has 8 nitrogen and oxygen atoms in total. The van der Waals surface area contributed by atoms with Crippen molar-refractivity contribution in [1.29, 1.82) is 0 Å². The summed E-state index contributed by atoms with van der Waals surface area (Å²) in [6.07, 6.45) is 0. The van der Waals surface area contributed by atoms with Gasteiger partial charge in [0.15, 0.2) is 0 Å². The fraction of sp³-hybridized carbons (Fsp3) is 0.393. The maximum Gasteiger partial charge on any atom is 0.336 e. The van der Waals surface area contributed by atoms with Crippen molar-refractivity contribution in [3.05, 3.63) is 173 Å². The van der Waals surface area contributed by atoms with E-state index in [4.69, 9.17) is 0 Å². The number of aryl methyl sites for hydroxylation is 4. The maximum atomic E-state index is 12.7. The molecule has 4 N–H and O–H groups in total. The summed E-state index contributed by atoms with van der Waals surface area (Å²) in [6, 6.07) is 23.9. The van der Waals surface area contributed by atoms with Crippen molar-refractivity contribution in [2.24, 2.45) is 0 Å². The first-order valence-corrected chi connectivity index (χ1v) is 21.9. The van der Waals surface area contributed by atoms with Crippen LogP contribution in [-0.4, -0.2) is 44.3 Å². The Balaban J connectivity index is 1.90. The van der Waals surface area contributed by atoms with E-state index in [1.165, 1.54) is 0 Å². The molecule has 5 aromatic carbocycles. The Bertz CT molecular complexity index is 2340. The molecule has 5 rings (SSSR count). The van der Waals surface area contributed by atoms with Gasteiger partial charge in [-0.1, -0.05) is 156 Å². The van der Waals surface area contributed by atoms with Gasteiger partial charge in [-0.15, -0.1) is 0 Å². The second-order valence-corrected chi connectivity index (χ2v) is 21.8. The molecule has 0 heterocycles. The van der Waals surface area contributed by atoms with Crippen molar-refractivity contribution in [2.75, 3.05) is 0 Å². The number of hydrogen-bond acceptors (Lipinski definition) is 4. The van der Waals surface area contributed by atoms with Crippen LogP contribution in [0.3, 0.4) is 0 Å². The Morgan fingerprint density at radius 3 is 0.641 bits per heavy atom. The molecule has 0 unspecified atom stereocenters. The lowest BCUT2D eigenvalue weighted by Gasteiger charge is -2.30. The Labute approximate surface area is 379 Å². The van der Waals surface area contributed by atoms with Gasteiger partial charge in [0, 0.05) is 11.8 Å². The summed E-state index contributed by atoms with van der Waals surface area (Å²) in [7, 11) is 0. The van der Waals surface area contributed by atoms with Gasteiger partial charge in [-0.2, -0.15) is 0 Å². The molecule has 0 aliphatic carbocycles. The molecule has 0 radical (unpaired) electrons. The lowest BCUT2D eigenvalue weighted by molar-refractivity contribution is 0.0682. The van der Waals surface area contributed by atoms with Crippen LogP contribution in [-0.2, 0) is 21.7 Å². The number of carboxylic acid groups (broad SMARTS) is 4. The Morgan fingerprint density at radius 1 is 0.328 bits per heavy atom. The molecule has 0 atom stereocenters. The lowest BCUT2D eigenvalue weighted by Crippen LogP contribution is -2.21. The van der Waals surface area contributed by atoms with Crippen LogP contribution >= 0.6 is 0 Å². The highest BCUT2D eigenvalue weighted by Crippen LogP contribution is 2.44. The topological polar surface area (TPSA) is 149 Å². The number of carbonyl (C=O) groups is 4. The van der Waals surface area contributed by atoms with Gasteiger partial charge in [0.1, 0.15) is 0 Å². The minimum Gasteiger partial charge on any atom is -0.478 e. The van der Waals surface area contributed by atoms with Gasteiger partial charge in [-0.05, 0) is 127 Å². The van der Waals surface area contributed by atoms with E-state index in [0.717, 1.165) is 33.4 Å². The van der Waals surface area contributed by atoms with Crippen molar-refractivity contribution >= 4 is 23.9 Å². The lowest BCUT2D eigenvalue weighted by atomic mass is 9.73. The van der Waals surface area contributed by atoms with E-state index in [9.17, 15) is 39.6 Å². The third-order valence-electron chi connectivity index (χ3n) is 12.5. The van der Waals surface area contributed by atoms with Crippen LogP contribution in [0.2, 0.25) is 0 Å². The van der Waals surface area contributed by atoms with Crippen molar-refractivity contribution in [2.45, 2.75) is 144 Å². The molecule has 0 amide bonds. The summed E-state index contributed by atoms with van der Waals surface area (Å²) in [5.74, 6) is -4.88. The predicted molar refractivity (Wildman–Crippen MR) is 256 cm³/mol. The molecule has 5 aromatic rings. The van der Waals surface area contributed by atoms with Crippen LogP contribution in [0.25, 0.3) is 0 Å². The van der Waals surface area contributed by atoms with Gasteiger partial charge in [0.05, 0.1) is 22.3 Å². The zero-order chi connectivity index (χ0) is 48.3. The highest BCUT2D eigenvalue weighted by Gasteiger charge is 2.33. The fourth-order valence-electron chi connectivity index (χ4n) is 9.46. The van der Waals surface area contributed by atoms with Crippen molar-refractivity contribution in [3.63, 3.8) is 0 Å². The first kappa shape index (κ1) is 49.0. The standard InChI is InChI=1S/C56H66O8/c1-29-21-35(25-39(53(5,6)7)43(29)49(57)58)47(36-22-30(2)44(50(59)60)40(26-36)54(8,9)10)33-17-19-34(20-18-33)48(37-23-31(3)45(51(61)62)41(27-37)55(11,12)13)38-24-32(4)46(52(63)64)42(28-38)56(14,15)16/h17-28,47-48H,1-16H3,(H,57,58)(H,59,60)(H,61,62)(H,63,64). The van der Waals surface area contributed by atoms with Crippen LogP contribution in [0.15, 0.2) is 72.8 Å². The summed E-state index contributed by atoms with van der Waals surface area (Å²) in [5.41, 5.74) is 9.48. The number of benzene rings is 5. The zero-order valence-corrected chi connectivity index (χ0v) is 40.5. The zero-order valence-electron chi connectivity index (χ0n) is 40.5. The third kappa shape index (κ3) is 9.71. The van der Waals surface area contributed by atoms with Crippen molar-refractivity contribution in [3.8, 4) is 0 Å². The van der Waals surface area contributed by atoms with E-state index in [1.807, 2.05) is 159 Å². The van der Waals surface area contributed by atoms with Crippen LogP contribution < -0.4 is 0 Å². The molecule has 338 valence electrons. The monoisotopic (exact) mass is 866 g/mol. The third-order valence-corrected chi connectivity index (χ3v) is 12.5. The van der Waals surface area contributed by atoms with E-state index in [2.05, 4.69) is 24.3 Å². The summed E-state index contributed by atoms with van der Waals surface area (Å²) < 4.78 is 0. The first-order valence-electron chi connectivity index (χ1n) is 21.9. The largest absolute Gasteiger partial charge is 0.478 e. The second kappa shape index (κ2) is 17.2. The van der Waals surface area contributed by atoms with E-state index < -0.39 is 57.4 Å². The molecule has 0 aromatic heterocycles. The molecule has 0 aliphatic heterocycles. The average Bonchev–Trinajstić information content (AvgIpc) is 3.12. The predicted octanol–water partition coefficient (Wildman–Crippen LogP) is 13.3. The van der Waals surface area contributed by atoms with E-state index in [1.54, 1.807) is 0 Å². The normalized spacial score (nSPS) is 12.5. The maximum absolute atomic E-state index is 12.7. The molecule has 0 spiro atoms. The number of hydrogen-bond donors (Lipinski definition) is 4. The molecular weight excluding hydrogens is 801 g/mol. The first-order chi connectivity index (χ1) is 29.2. The van der Waals surface area contributed by atoms with Crippen molar-refractivity contribution in [1.82, 2.24) is 0 Å². The van der Waals surface area contributed by atoms with Crippen LogP contribution in [0.4, 0.5) is 0 Å². The van der Waals surface area contributed by atoms with E-state index in [0.29, 0.717) is 44.5 Å². The molecular formula is C56H66O8. The summed E-state index contributed by atoms with van der Waals surface area (Å²) in [5, 5.41) is 41.7. The average molecular weight is 867 g/mol. The highest BCUT2D eigenvalue weighted by molar-refractivity contribution is 5.94. The quantitative estimate of drug-likeness (QED) is 0.101. The van der Waals surface area contributed by atoms with Crippen molar-refractivity contribution < 1.29 is 39.6 Å². The van der Waals surface area contributed by atoms with Gasteiger partial charge < -0.3 is 20.4 Å². The fourth-order valence-corrected chi connectivity index (χ4v) is 9.46. The second-order valence-electron chi connectivity index (χ2n) is 21.8. The molecule has 0 bridgehead atoms. The smallest absolute Gasteiger partial charge is 0.336 e. The van der Waals surface area contributed by atoms with Gasteiger partial charge in [-0.3, -0.25) is 0 Å². The van der Waals surface area contributed by atoms with Gasteiger partial charge in [-0.25, -0.2) is 19.2 Å². The minimum absolute atomic E-state index is 0.263.